The van der Waals surface area contributed by atoms with Gasteiger partial charge in [-0.15, -0.1) is 0 Å². The summed E-state index contributed by atoms with van der Waals surface area (Å²) >= 11 is 0. The third-order valence-corrected chi connectivity index (χ3v) is 2.86. The molecule has 7 heteroatoms. The summed E-state index contributed by atoms with van der Waals surface area (Å²) in [6.45, 7) is 0.516. The molecule has 0 aliphatic rings. The van der Waals surface area contributed by atoms with Crippen LogP contribution in [0.3, 0.4) is 0 Å². The number of nitrogens with one attached hydrogen (secondary N) is 2. The van der Waals surface area contributed by atoms with E-state index in [2.05, 4.69) is 10.6 Å². The summed E-state index contributed by atoms with van der Waals surface area (Å²) in [5.41, 5.74) is 0.988. The lowest BCUT2D eigenvalue weighted by Gasteiger charge is -2.10. The van der Waals surface area contributed by atoms with Crippen LogP contribution in [0.25, 0.3) is 0 Å². The van der Waals surface area contributed by atoms with Crippen LogP contribution in [0.5, 0.6) is 5.75 Å². The van der Waals surface area contributed by atoms with Crippen molar-refractivity contribution in [1.82, 2.24) is 10.6 Å². The predicted octanol–water partition coefficient (Wildman–Crippen LogP) is 0.372. The summed E-state index contributed by atoms with van der Waals surface area (Å²) in [6.07, 6.45) is -0.872. The van der Waals surface area contributed by atoms with Crippen LogP contribution in [0.4, 0.5) is 4.79 Å². The van der Waals surface area contributed by atoms with Crippen molar-refractivity contribution >= 4 is 12.0 Å². The Labute approximate surface area is 122 Å². The number of carbonyl (C=O) groups excluding carboxylic acids is 1. The first kappa shape index (κ1) is 16.8. The summed E-state index contributed by atoms with van der Waals surface area (Å²) in [4.78, 5) is 21.8. The highest BCUT2D eigenvalue weighted by atomic mass is 16.5. The van der Waals surface area contributed by atoms with E-state index in [1.54, 1.807) is 7.11 Å². The number of carboxylic acid groups (broad SMARTS) is 1. The summed E-state index contributed by atoms with van der Waals surface area (Å²) in [7, 11) is 1.59. The molecule has 1 atom stereocenters. The van der Waals surface area contributed by atoms with Crippen LogP contribution in [0, 0.1) is 0 Å². The fourth-order valence-corrected chi connectivity index (χ4v) is 1.73. The van der Waals surface area contributed by atoms with Gasteiger partial charge in [0.15, 0.2) is 6.10 Å². The lowest BCUT2D eigenvalue weighted by molar-refractivity contribution is -0.146. The molecule has 21 heavy (non-hydrogen) atoms. The van der Waals surface area contributed by atoms with E-state index >= 15 is 0 Å². The second-order valence-electron chi connectivity index (χ2n) is 4.39. The minimum atomic E-state index is -1.46. The Morgan fingerprint density at radius 2 is 1.90 bits per heavy atom. The Bertz CT molecular complexity index is 478. The van der Waals surface area contributed by atoms with Gasteiger partial charge in [-0.3, -0.25) is 0 Å². The van der Waals surface area contributed by atoms with Crippen molar-refractivity contribution in [3.8, 4) is 5.75 Å². The molecule has 4 N–H and O–H groups in total. The van der Waals surface area contributed by atoms with Gasteiger partial charge < -0.3 is 25.6 Å². The van der Waals surface area contributed by atoms with Gasteiger partial charge in [0.25, 0.3) is 0 Å². The van der Waals surface area contributed by atoms with Crippen LogP contribution < -0.4 is 15.4 Å². The number of aliphatic hydroxyl groups excluding tert-OH is 1. The van der Waals surface area contributed by atoms with Crippen molar-refractivity contribution in [2.75, 3.05) is 20.2 Å². The van der Waals surface area contributed by atoms with E-state index in [1.165, 1.54) is 0 Å². The molecule has 7 nitrogen and oxygen atoms in total. The van der Waals surface area contributed by atoms with Gasteiger partial charge in [0.1, 0.15) is 5.75 Å². The molecule has 0 aromatic heterocycles. The van der Waals surface area contributed by atoms with Gasteiger partial charge in [-0.1, -0.05) is 18.2 Å². The van der Waals surface area contributed by atoms with E-state index in [0.29, 0.717) is 13.0 Å². The van der Waals surface area contributed by atoms with Gasteiger partial charge in [0.05, 0.1) is 7.11 Å². The molecular weight excluding hydrogens is 276 g/mol. The zero-order valence-electron chi connectivity index (χ0n) is 11.8. The normalized spacial score (nSPS) is 11.5. The maximum Gasteiger partial charge on any atom is 0.332 e. The molecule has 0 heterocycles. The number of hydrogen-bond acceptors (Lipinski definition) is 4. The largest absolute Gasteiger partial charge is 0.496 e. The van der Waals surface area contributed by atoms with Gasteiger partial charge in [-0.2, -0.15) is 0 Å². The SMILES string of the molecule is COc1ccccc1CCNC(=O)NCCC(O)C(=O)O. The van der Waals surface area contributed by atoms with E-state index in [0.717, 1.165) is 11.3 Å². The molecule has 0 bridgehead atoms. The second kappa shape index (κ2) is 8.80. The molecule has 0 spiro atoms. The smallest absolute Gasteiger partial charge is 0.332 e. The average Bonchev–Trinajstić information content (AvgIpc) is 2.47. The standard InChI is InChI=1S/C14H20N2O5/c1-21-12-5-3-2-4-10(12)6-8-15-14(20)16-9-7-11(17)13(18)19/h2-5,11,17H,6-9H2,1H3,(H,18,19)(H2,15,16,20). The topological polar surface area (TPSA) is 108 Å². The molecule has 1 rings (SSSR count). The number of amides is 2. The Hall–Kier alpha value is -2.28. The van der Waals surface area contributed by atoms with Gasteiger partial charge in [0.2, 0.25) is 0 Å². The number of para-hydroxylation sites is 1. The molecule has 0 aliphatic carbocycles. The van der Waals surface area contributed by atoms with Gasteiger partial charge in [-0.05, 0) is 18.1 Å². The first-order chi connectivity index (χ1) is 10.0. The molecule has 1 aromatic rings. The lowest BCUT2D eigenvalue weighted by Crippen LogP contribution is -2.38. The molecule has 1 unspecified atom stereocenters. The summed E-state index contributed by atoms with van der Waals surface area (Å²) in [6, 6.07) is 7.13. The number of aliphatic carboxylic acids is 1. The zero-order valence-corrected chi connectivity index (χ0v) is 11.8. The third kappa shape index (κ3) is 6.13. The highest BCUT2D eigenvalue weighted by Crippen LogP contribution is 2.17. The van der Waals surface area contributed by atoms with Crippen LogP contribution in [-0.4, -0.2) is 48.5 Å². The molecule has 0 saturated carbocycles. The summed E-state index contributed by atoms with van der Waals surface area (Å²) in [5.74, 6) is -0.530. The molecule has 0 saturated heterocycles. The third-order valence-electron chi connectivity index (χ3n) is 2.86. The van der Waals surface area contributed by atoms with Crippen LogP contribution >= 0.6 is 0 Å². The monoisotopic (exact) mass is 296 g/mol. The van der Waals surface area contributed by atoms with Crippen molar-refractivity contribution in [2.45, 2.75) is 18.9 Å². The number of carboxylic acids is 1. The fraction of sp³-hybridized carbons (Fsp3) is 0.429. The predicted molar refractivity (Wildman–Crippen MR) is 76.4 cm³/mol. The number of benzene rings is 1. The molecular formula is C14H20N2O5. The lowest BCUT2D eigenvalue weighted by atomic mass is 10.1. The summed E-state index contributed by atoms with van der Waals surface area (Å²) in [5, 5.41) is 22.6. The first-order valence-electron chi connectivity index (χ1n) is 6.59. The van der Waals surface area contributed by atoms with E-state index in [1.807, 2.05) is 24.3 Å². The van der Waals surface area contributed by atoms with Crippen LogP contribution in [-0.2, 0) is 11.2 Å². The number of methoxy groups -OCH3 is 1. The molecule has 0 fully saturated rings. The van der Waals surface area contributed by atoms with E-state index in [4.69, 9.17) is 14.9 Å². The second-order valence-corrected chi connectivity index (χ2v) is 4.39. The van der Waals surface area contributed by atoms with Crippen molar-refractivity contribution in [1.29, 1.82) is 0 Å². The van der Waals surface area contributed by atoms with Crippen LogP contribution in [0.15, 0.2) is 24.3 Å². The van der Waals surface area contributed by atoms with E-state index in [-0.39, 0.29) is 13.0 Å². The molecule has 0 aliphatic heterocycles. The van der Waals surface area contributed by atoms with Crippen molar-refractivity contribution in [2.24, 2.45) is 0 Å². The van der Waals surface area contributed by atoms with Crippen LogP contribution in [0.2, 0.25) is 0 Å². The number of urea groups is 1. The first-order valence-corrected chi connectivity index (χ1v) is 6.59. The number of aliphatic hydroxyl groups is 1. The fourth-order valence-electron chi connectivity index (χ4n) is 1.73. The highest BCUT2D eigenvalue weighted by molar-refractivity contribution is 5.74. The molecule has 116 valence electrons. The van der Waals surface area contributed by atoms with Crippen LogP contribution in [0.1, 0.15) is 12.0 Å². The zero-order chi connectivity index (χ0) is 15.7. The number of rotatable bonds is 8. The van der Waals surface area contributed by atoms with Gasteiger partial charge in [0, 0.05) is 19.5 Å². The summed E-state index contributed by atoms with van der Waals surface area (Å²) < 4.78 is 5.20. The minimum Gasteiger partial charge on any atom is -0.496 e. The Morgan fingerprint density at radius 3 is 2.57 bits per heavy atom. The van der Waals surface area contributed by atoms with E-state index < -0.39 is 18.1 Å². The molecule has 2 amide bonds. The highest BCUT2D eigenvalue weighted by Gasteiger charge is 2.12. The van der Waals surface area contributed by atoms with Crippen molar-refractivity contribution < 1.29 is 24.5 Å². The van der Waals surface area contributed by atoms with Crippen molar-refractivity contribution in [3.05, 3.63) is 29.8 Å². The minimum absolute atomic E-state index is 0.0325. The van der Waals surface area contributed by atoms with Crippen molar-refractivity contribution in [3.63, 3.8) is 0 Å². The quantitative estimate of drug-likeness (QED) is 0.554. The maximum absolute atomic E-state index is 11.5. The molecule has 1 aromatic carbocycles. The number of carbonyl (C=O) groups is 2. The Balaban J connectivity index is 2.23. The number of hydrogen-bond donors (Lipinski definition) is 4. The average molecular weight is 296 g/mol. The Kier molecular flexibility index (Phi) is 7.03. The van der Waals surface area contributed by atoms with Gasteiger partial charge >= 0.3 is 12.0 Å². The van der Waals surface area contributed by atoms with Gasteiger partial charge in [-0.25, -0.2) is 9.59 Å². The van der Waals surface area contributed by atoms with E-state index in [9.17, 15) is 9.59 Å². The maximum atomic E-state index is 11.5. The number of ether oxygens (including phenoxy) is 1. The molecule has 0 radical (unpaired) electrons. The Morgan fingerprint density at radius 1 is 1.24 bits per heavy atom.